The summed E-state index contributed by atoms with van der Waals surface area (Å²) in [7, 11) is 0. The van der Waals surface area contributed by atoms with Gasteiger partial charge < -0.3 is 14.8 Å². The molecule has 18 heavy (non-hydrogen) atoms. The Morgan fingerprint density at radius 2 is 2.11 bits per heavy atom. The van der Waals surface area contributed by atoms with Crippen molar-refractivity contribution in [2.24, 2.45) is 0 Å². The summed E-state index contributed by atoms with van der Waals surface area (Å²) in [5.41, 5.74) is 2.50. The lowest BCUT2D eigenvalue weighted by Gasteiger charge is -2.06. The molecule has 1 aromatic carbocycles. The summed E-state index contributed by atoms with van der Waals surface area (Å²) in [6.07, 6.45) is 0. The van der Waals surface area contributed by atoms with Crippen LogP contribution in [-0.4, -0.2) is 6.79 Å². The van der Waals surface area contributed by atoms with Crippen molar-refractivity contribution >= 4 is 27.3 Å². The Morgan fingerprint density at radius 3 is 2.94 bits per heavy atom. The van der Waals surface area contributed by atoms with Crippen LogP contribution in [0, 0.1) is 0 Å². The molecular weight excluding hydrogens is 314 g/mol. The first kappa shape index (κ1) is 12.0. The minimum atomic E-state index is 0.305. The van der Waals surface area contributed by atoms with Crippen LogP contribution < -0.4 is 14.8 Å². The van der Waals surface area contributed by atoms with E-state index >= 15 is 0 Å². The van der Waals surface area contributed by atoms with Gasteiger partial charge in [0, 0.05) is 13.1 Å². The molecule has 3 nitrogen and oxygen atoms in total. The summed E-state index contributed by atoms with van der Waals surface area (Å²) in [5.74, 6) is 1.62. The number of benzene rings is 1. The van der Waals surface area contributed by atoms with E-state index in [1.807, 2.05) is 6.07 Å². The van der Waals surface area contributed by atoms with Gasteiger partial charge in [-0.15, -0.1) is 0 Å². The molecule has 0 radical (unpaired) electrons. The van der Waals surface area contributed by atoms with E-state index in [9.17, 15) is 0 Å². The first-order valence-electron chi connectivity index (χ1n) is 5.63. The Balaban J connectivity index is 1.65. The van der Waals surface area contributed by atoms with Crippen molar-refractivity contribution in [1.29, 1.82) is 0 Å². The van der Waals surface area contributed by atoms with E-state index in [1.54, 1.807) is 11.3 Å². The number of fused-ring (bicyclic) bond motifs is 1. The third-order valence-corrected chi connectivity index (χ3v) is 4.05. The van der Waals surface area contributed by atoms with Gasteiger partial charge >= 0.3 is 0 Å². The number of thiophene rings is 1. The Kier molecular flexibility index (Phi) is 3.54. The van der Waals surface area contributed by atoms with Gasteiger partial charge in [0.25, 0.3) is 0 Å². The van der Waals surface area contributed by atoms with Gasteiger partial charge in [-0.25, -0.2) is 0 Å². The summed E-state index contributed by atoms with van der Waals surface area (Å²) in [5, 5.41) is 7.66. The quantitative estimate of drug-likeness (QED) is 0.932. The van der Waals surface area contributed by atoms with E-state index in [1.165, 1.54) is 11.1 Å². The van der Waals surface area contributed by atoms with Gasteiger partial charge in [-0.05, 0) is 56.0 Å². The van der Waals surface area contributed by atoms with Crippen molar-refractivity contribution in [3.63, 3.8) is 0 Å². The van der Waals surface area contributed by atoms with E-state index in [-0.39, 0.29) is 0 Å². The van der Waals surface area contributed by atoms with Crippen LogP contribution in [0.5, 0.6) is 11.5 Å². The summed E-state index contributed by atoms with van der Waals surface area (Å²) < 4.78 is 11.7. The molecule has 0 fully saturated rings. The zero-order chi connectivity index (χ0) is 12.4. The Hall–Kier alpha value is -1.04. The van der Waals surface area contributed by atoms with Crippen LogP contribution in [0.2, 0.25) is 0 Å². The SMILES string of the molecule is Brc1cc(CNCc2ccsc2)cc2c1OCO2. The lowest BCUT2D eigenvalue weighted by molar-refractivity contribution is 0.173. The van der Waals surface area contributed by atoms with Crippen LogP contribution in [-0.2, 0) is 13.1 Å². The van der Waals surface area contributed by atoms with Crippen LogP contribution in [0.3, 0.4) is 0 Å². The van der Waals surface area contributed by atoms with Crippen LogP contribution in [0.25, 0.3) is 0 Å². The average Bonchev–Trinajstić information content (AvgIpc) is 2.99. The molecule has 0 amide bonds. The summed E-state index contributed by atoms with van der Waals surface area (Å²) >= 11 is 5.22. The molecule has 1 N–H and O–H groups in total. The number of rotatable bonds is 4. The monoisotopic (exact) mass is 325 g/mol. The highest BCUT2D eigenvalue weighted by Crippen LogP contribution is 2.39. The summed E-state index contributed by atoms with van der Waals surface area (Å²) in [6.45, 7) is 2.00. The Morgan fingerprint density at radius 1 is 1.22 bits per heavy atom. The highest BCUT2D eigenvalue weighted by molar-refractivity contribution is 9.10. The number of hydrogen-bond acceptors (Lipinski definition) is 4. The van der Waals surface area contributed by atoms with Gasteiger partial charge in [0.05, 0.1) is 4.47 Å². The van der Waals surface area contributed by atoms with Crippen molar-refractivity contribution in [2.75, 3.05) is 6.79 Å². The largest absolute Gasteiger partial charge is 0.454 e. The van der Waals surface area contributed by atoms with Gasteiger partial charge in [-0.3, -0.25) is 0 Å². The fraction of sp³-hybridized carbons (Fsp3) is 0.231. The highest BCUT2D eigenvalue weighted by Gasteiger charge is 2.17. The molecule has 1 aliphatic rings. The molecule has 5 heteroatoms. The number of halogens is 1. The van der Waals surface area contributed by atoms with Crippen LogP contribution >= 0.6 is 27.3 Å². The maximum absolute atomic E-state index is 5.39. The second-order valence-corrected chi connectivity index (χ2v) is 5.68. The molecule has 2 aromatic rings. The minimum absolute atomic E-state index is 0.305. The second-order valence-electron chi connectivity index (χ2n) is 4.05. The highest BCUT2D eigenvalue weighted by atomic mass is 79.9. The molecule has 3 rings (SSSR count). The van der Waals surface area contributed by atoms with Gasteiger partial charge in [0.1, 0.15) is 0 Å². The predicted molar refractivity (Wildman–Crippen MR) is 75.1 cm³/mol. The molecule has 0 bridgehead atoms. The second kappa shape index (κ2) is 5.30. The first-order valence-corrected chi connectivity index (χ1v) is 7.36. The molecule has 0 unspecified atom stereocenters. The Labute approximate surface area is 118 Å². The zero-order valence-electron chi connectivity index (χ0n) is 9.61. The molecule has 0 saturated carbocycles. The molecule has 0 aliphatic carbocycles. The van der Waals surface area contributed by atoms with Gasteiger partial charge in [-0.1, -0.05) is 0 Å². The van der Waals surface area contributed by atoms with Crippen LogP contribution in [0.1, 0.15) is 11.1 Å². The maximum atomic E-state index is 5.39. The van der Waals surface area contributed by atoms with Crippen molar-refractivity contribution in [3.05, 3.63) is 44.6 Å². The van der Waals surface area contributed by atoms with E-state index < -0.39 is 0 Å². The number of nitrogens with one attached hydrogen (secondary N) is 1. The van der Waals surface area contributed by atoms with Crippen molar-refractivity contribution < 1.29 is 9.47 Å². The fourth-order valence-corrected chi connectivity index (χ4v) is 3.14. The van der Waals surface area contributed by atoms with E-state index in [0.717, 1.165) is 29.1 Å². The van der Waals surface area contributed by atoms with Crippen molar-refractivity contribution in [3.8, 4) is 11.5 Å². The standard InChI is InChI=1S/C13H12BrNO2S/c14-11-3-10(4-12-13(11)17-8-16-12)6-15-5-9-1-2-18-7-9/h1-4,7,15H,5-6,8H2. The van der Waals surface area contributed by atoms with Crippen molar-refractivity contribution in [2.45, 2.75) is 13.1 Å². The van der Waals surface area contributed by atoms with Crippen LogP contribution in [0.4, 0.5) is 0 Å². The molecular formula is C13H12BrNO2S. The normalized spacial score (nSPS) is 12.9. The first-order chi connectivity index (χ1) is 8.83. The summed E-state index contributed by atoms with van der Waals surface area (Å²) in [4.78, 5) is 0. The minimum Gasteiger partial charge on any atom is -0.454 e. The lowest BCUT2D eigenvalue weighted by atomic mass is 10.2. The summed E-state index contributed by atoms with van der Waals surface area (Å²) in [6, 6.07) is 6.22. The smallest absolute Gasteiger partial charge is 0.231 e. The zero-order valence-corrected chi connectivity index (χ0v) is 12.0. The van der Waals surface area contributed by atoms with E-state index in [2.05, 4.69) is 44.1 Å². The molecule has 0 saturated heterocycles. The number of ether oxygens (including phenoxy) is 2. The van der Waals surface area contributed by atoms with Gasteiger partial charge in [-0.2, -0.15) is 11.3 Å². The third kappa shape index (κ3) is 2.53. The van der Waals surface area contributed by atoms with Crippen LogP contribution in [0.15, 0.2) is 33.4 Å². The number of hydrogen-bond donors (Lipinski definition) is 1. The molecule has 0 atom stereocenters. The third-order valence-electron chi connectivity index (χ3n) is 2.73. The van der Waals surface area contributed by atoms with E-state index in [0.29, 0.717) is 6.79 Å². The predicted octanol–water partition coefficient (Wildman–Crippen LogP) is 3.53. The average molecular weight is 326 g/mol. The van der Waals surface area contributed by atoms with Crippen molar-refractivity contribution in [1.82, 2.24) is 5.32 Å². The van der Waals surface area contributed by atoms with E-state index in [4.69, 9.17) is 9.47 Å². The molecule has 2 heterocycles. The fourth-order valence-electron chi connectivity index (χ4n) is 1.87. The Bertz CT molecular complexity index is 542. The molecule has 94 valence electrons. The maximum Gasteiger partial charge on any atom is 0.231 e. The van der Waals surface area contributed by atoms with Gasteiger partial charge in [0.2, 0.25) is 6.79 Å². The molecule has 1 aliphatic heterocycles. The van der Waals surface area contributed by atoms with Gasteiger partial charge in [0.15, 0.2) is 11.5 Å². The lowest BCUT2D eigenvalue weighted by Crippen LogP contribution is -2.12. The molecule has 1 aromatic heterocycles. The molecule has 0 spiro atoms. The topological polar surface area (TPSA) is 30.5 Å².